The maximum Gasteiger partial charge on any atom is 0.337 e. The van der Waals surface area contributed by atoms with E-state index >= 15 is 0 Å². The number of nitriles is 1. The highest BCUT2D eigenvalue weighted by atomic mass is 16.5. The van der Waals surface area contributed by atoms with Crippen molar-refractivity contribution in [2.45, 2.75) is 0 Å². The van der Waals surface area contributed by atoms with E-state index in [-0.39, 0.29) is 11.3 Å². The van der Waals surface area contributed by atoms with Crippen LogP contribution >= 0.6 is 0 Å². The van der Waals surface area contributed by atoms with Gasteiger partial charge >= 0.3 is 12.0 Å². The second kappa shape index (κ2) is 7.61. The highest BCUT2D eigenvalue weighted by molar-refractivity contribution is 6.08. The molecule has 2 aromatic rings. The summed E-state index contributed by atoms with van der Waals surface area (Å²) in [6, 6.07) is 10.3. The Morgan fingerprint density at radius 2 is 1.88 bits per heavy atom. The van der Waals surface area contributed by atoms with Gasteiger partial charge in [-0.05, 0) is 24.3 Å². The van der Waals surface area contributed by atoms with Gasteiger partial charge in [-0.2, -0.15) is 5.26 Å². The first-order valence-corrected chi connectivity index (χ1v) is 6.95. The molecule has 8 nitrogen and oxygen atoms in total. The Hall–Kier alpha value is -3.86. The average molecular weight is 339 g/mol. The lowest BCUT2D eigenvalue weighted by molar-refractivity contribution is -0.116. The summed E-state index contributed by atoms with van der Waals surface area (Å²) >= 11 is 0. The van der Waals surface area contributed by atoms with E-state index in [0.29, 0.717) is 16.9 Å². The third kappa shape index (κ3) is 4.33. The number of rotatable bonds is 4. The number of ether oxygens (including phenoxy) is 1. The average Bonchev–Trinajstić information content (AvgIpc) is 3.07. The standard InChI is InChI=1S/C17H13N3O5/c1-24-16(22)11-4-2-10(3-5-11)14-7-6-13(25-14)8-12(9-18)15(21)20-17(19)23/h2-8H,1H3,(H3,19,20,21,23)/b12-8-. The van der Waals surface area contributed by atoms with Gasteiger partial charge in [0.2, 0.25) is 0 Å². The van der Waals surface area contributed by atoms with Crippen LogP contribution in [0.1, 0.15) is 16.1 Å². The number of esters is 1. The number of nitrogens with two attached hydrogens (primary N) is 1. The van der Waals surface area contributed by atoms with E-state index in [1.54, 1.807) is 47.8 Å². The van der Waals surface area contributed by atoms with Crippen molar-refractivity contribution in [2.75, 3.05) is 7.11 Å². The van der Waals surface area contributed by atoms with Gasteiger partial charge in [-0.25, -0.2) is 9.59 Å². The molecule has 3 N–H and O–H groups in total. The minimum absolute atomic E-state index is 0.239. The molecule has 0 fully saturated rings. The van der Waals surface area contributed by atoms with Gasteiger partial charge in [0.25, 0.3) is 5.91 Å². The molecule has 0 radical (unpaired) electrons. The number of carbonyl (C=O) groups is 3. The van der Waals surface area contributed by atoms with Gasteiger partial charge in [0.15, 0.2) is 0 Å². The Bertz CT molecular complexity index is 888. The highest BCUT2D eigenvalue weighted by Crippen LogP contribution is 2.24. The van der Waals surface area contributed by atoms with E-state index < -0.39 is 17.9 Å². The van der Waals surface area contributed by atoms with E-state index in [1.807, 2.05) is 0 Å². The minimum atomic E-state index is -1.06. The molecule has 1 heterocycles. The Morgan fingerprint density at radius 1 is 1.20 bits per heavy atom. The zero-order valence-electron chi connectivity index (χ0n) is 13.1. The molecule has 0 atom stereocenters. The normalized spacial score (nSPS) is 10.6. The number of carbonyl (C=O) groups excluding carboxylic acids is 3. The number of methoxy groups -OCH3 is 1. The van der Waals surface area contributed by atoms with E-state index in [9.17, 15) is 14.4 Å². The zero-order chi connectivity index (χ0) is 18.4. The summed E-state index contributed by atoms with van der Waals surface area (Å²) in [4.78, 5) is 33.7. The van der Waals surface area contributed by atoms with Crippen molar-refractivity contribution in [1.82, 2.24) is 5.32 Å². The van der Waals surface area contributed by atoms with Crippen LogP contribution in [0.2, 0.25) is 0 Å². The Balaban J connectivity index is 2.23. The number of imide groups is 1. The molecule has 0 aliphatic heterocycles. The van der Waals surface area contributed by atoms with Crippen molar-refractivity contribution in [3.63, 3.8) is 0 Å². The molecule has 126 valence electrons. The van der Waals surface area contributed by atoms with Gasteiger partial charge in [-0.15, -0.1) is 0 Å². The van der Waals surface area contributed by atoms with Gasteiger partial charge in [0, 0.05) is 11.6 Å². The fourth-order valence-corrected chi connectivity index (χ4v) is 1.94. The number of urea groups is 1. The number of nitrogens with zero attached hydrogens (tertiary/aromatic N) is 1. The number of nitrogens with one attached hydrogen (secondary N) is 1. The lowest BCUT2D eigenvalue weighted by Gasteiger charge is -2.01. The second-order valence-corrected chi connectivity index (χ2v) is 4.76. The van der Waals surface area contributed by atoms with Crippen molar-refractivity contribution in [2.24, 2.45) is 5.73 Å². The number of primary amides is 1. The molecule has 0 saturated heterocycles. The molecule has 0 spiro atoms. The van der Waals surface area contributed by atoms with Gasteiger partial charge in [0.05, 0.1) is 12.7 Å². The molecular weight excluding hydrogens is 326 g/mol. The summed E-state index contributed by atoms with van der Waals surface area (Å²) in [5.74, 6) is -0.664. The third-order valence-corrected chi connectivity index (χ3v) is 3.11. The summed E-state index contributed by atoms with van der Waals surface area (Å²) in [7, 11) is 1.29. The molecule has 0 bridgehead atoms. The van der Waals surface area contributed by atoms with E-state index in [0.717, 1.165) is 0 Å². The van der Waals surface area contributed by atoms with Crippen LogP contribution in [0.25, 0.3) is 17.4 Å². The van der Waals surface area contributed by atoms with Gasteiger partial charge in [-0.3, -0.25) is 10.1 Å². The van der Waals surface area contributed by atoms with E-state index in [2.05, 4.69) is 4.74 Å². The first-order valence-electron chi connectivity index (χ1n) is 6.95. The van der Waals surface area contributed by atoms with Crippen LogP contribution < -0.4 is 11.1 Å². The van der Waals surface area contributed by atoms with Crippen LogP contribution in [0, 0.1) is 11.3 Å². The van der Waals surface area contributed by atoms with Gasteiger partial charge in [-0.1, -0.05) is 12.1 Å². The van der Waals surface area contributed by atoms with Crippen molar-refractivity contribution in [1.29, 1.82) is 5.26 Å². The Morgan fingerprint density at radius 3 is 2.44 bits per heavy atom. The van der Waals surface area contributed by atoms with Crippen LogP contribution in [0.15, 0.2) is 46.4 Å². The predicted molar refractivity (Wildman–Crippen MR) is 86.8 cm³/mol. The van der Waals surface area contributed by atoms with Crippen LogP contribution in [0.3, 0.4) is 0 Å². The van der Waals surface area contributed by atoms with Gasteiger partial charge < -0.3 is 14.9 Å². The van der Waals surface area contributed by atoms with Gasteiger partial charge in [0.1, 0.15) is 23.2 Å². The van der Waals surface area contributed by atoms with Crippen molar-refractivity contribution in [3.8, 4) is 17.4 Å². The SMILES string of the molecule is COC(=O)c1ccc(-c2ccc(/C=C(/C#N)C(=O)NC(N)=O)o2)cc1. The summed E-state index contributed by atoms with van der Waals surface area (Å²) < 4.78 is 10.2. The number of benzene rings is 1. The lowest BCUT2D eigenvalue weighted by atomic mass is 10.1. The molecule has 2 rings (SSSR count). The fourth-order valence-electron chi connectivity index (χ4n) is 1.94. The molecule has 3 amide bonds. The minimum Gasteiger partial charge on any atom is -0.465 e. The molecule has 0 saturated carbocycles. The summed E-state index contributed by atoms with van der Waals surface area (Å²) in [5.41, 5.74) is 5.59. The van der Waals surface area contributed by atoms with Crippen LogP contribution in [0.5, 0.6) is 0 Å². The van der Waals surface area contributed by atoms with Crippen molar-refractivity contribution in [3.05, 3.63) is 53.3 Å². The molecular formula is C17H13N3O5. The summed E-state index contributed by atoms with van der Waals surface area (Å²) in [6.07, 6.45) is 1.19. The maximum atomic E-state index is 11.6. The smallest absolute Gasteiger partial charge is 0.337 e. The molecule has 0 aliphatic carbocycles. The molecule has 8 heteroatoms. The summed E-state index contributed by atoms with van der Waals surface area (Å²) in [5, 5.41) is 10.8. The maximum absolute atomic E-state index is 11.6. The van der Waals surface area contributed by atoms with Crippen molar-refractivity contribution < 1.29 is 23.5 Å². The Labute approximate surface area is 142 Å². The largest absolute Gasteiger partial charge is 0.465 e. The lowest BCUT2D eigenvalue weighted by Crippen LogP contribution is -2.35. The monoisotopic (exact) mass is 339 g/mol. The first kappa shape index (κ1) is 17.5. The topological polar surface area (TPSA) is 135 Å². The summed E-state index contributed by atoms with van der Waals surface area (Å²) in [6.45, 7) is 0. The Kier molecular flexibility index (Phi) is 5.32. The van der Waals surface area contributed by atoms with Crippen molar-refractivity contribution >= 4 is 24.0 Å². The first-order chi connectivity index (χ1) is 11.9. The number of amides is 3. The van der Waals surface area contributed by atoms with E-state index in [4.69, 9.17) is 15.4 Å². The quantitative estimate of drug-likeness (QED) is 0.495. The third-order valence-electron chi connectivity index (χ3n) is 3.11. The number of furan rings is 1. The molecule has 1 aromatic heterocycles. The zero-order valence-corrected chi connectivity index (χ0v) is 13.1. The predicted octanol–water partition coefficient (Wildman–Crippen LogP) is 1.84. The molecule has 0 unspecified atom stereocenters. The number of hydrogen-bond acceptors (Lipinski definition) is 6. The van der Waals surface area contributed by atoms with Crippen LogP contribution in [0.4, 0.5) is 4.79 Å². The molecule has 0 aliphatic rings. The van der Waals surface area contributed by atoms with Crippen LogP contribution in [-0.2, 0) is 9.53 Å². The molecule has 25 heavy (non-hydrogen) atoms. The molecule has 1 aromatic carbocycles. The van der Waals surface area contributed by atoms with Crippen LogP contribution in [-0.4, -0.2) is 25.0 Å². The number of hydrogen-bond donors (Lipinski definition) is 2. The second-order valence-electron chi connectivity index (χ2n) is 4.76. The fraction of sp³-hybridized carbons (Fsp3) is 0.0588. The van der Waals surface area contributed by atoms with E-state index in [1.165, 1.54) is 13.2 Å². The highest BCUT2D eigenvalue weighted by Gasteiger charge is 2.13.